The Morgan fingerprint density at radius 2 is 2.10 bits per heavy atom. The van der Waals surface area contributed by atoms with Crippen molar-refractivity contribution >= 4 is 10.9 Å². The molecule has 0 unspecified atom stereocenters. The Bertz CT molecular complexity index is 669. The van der Waals surface area contributed by atoms with Crippen molar-refractivity contribution in [3.63, 3.8) is 0 Å². The minimum atomic E-state index is -0.0659. The summed E-state index contributed by atoms with van der Waals surface area (Å²) in [5.41, 5.74) is 1.98. The molecule has 0 saturated heterocycles. The zero-order chi connectivity index (χ0) is 14.5. The van der Waals surface area contributed by atoms with Crippen molar-refractivity contribution in [2.75, 3.05) is 13.1 Å². The van der Waals surface area contributed by atoms with Crippen LogP contribution in [-0.2, 0) is 6.54 Å². The number of hydrogen-bond acceptors (Lipinski definition) is 3. The van der Waals surface area contributed by atoms with Crippen LogP contribution in [0.15, 0.2) is 40.7 Å². The molecule has 0 radical (unpaired) electrons. The minimum absolute atomic E-state index is 0.0659. The molecular weight excluding hydrogens is 250 g/mol. The third-order valence-corrected chi connectivity index (χ3v) is 3.24. The zero-order valence-corrected chi connectivity index (χ0v) is 12.3. The highest BCUT2D eigenvalue weighted by Crippen LogP contribution is 2.07. The molecular formula is C16H21N3O. The number of H-pyrrole nitrogens is 1. The fourth-order valence-corrected chi connectivity index (χ4v) is 2.04. The van der Waals surface area contributed by atoms with Crippen LogP contribution in [0.3, 0.4) is 0 Å². The molecule has 1 heterocycles. The maximum Gasteiger partial charge on any atom is 0.258 e. The standard InChI is InChI=1S/C16H21N3O/c1-4-19(10-9-12(2)3)11-15-17-14-8-6-5-7-13(14)16(20)18-15/h5-9H,4,10-11H2,1-3H3,(H,17,18,20). The molecule has 0 fully saturated rings. The molecule has 0 aliphatic rings. The van der Waals surface area contributed by atoms with Crippen molar-refractivity contribution in [1.29, 1.82) is 0 Å². The summed E-state index contributed by atoms with van der Waals surface area (Å²) < 4.78 is 0. The third kappa shape index (κ3) is 3.54. The van der Waals surface area contributed by atoms with E-state index in [-0.39, 0.29) is 5.56 Å². The summed E-state index contributed by atoms with van der Waals surface area (Å²) >= 11 is 0. The van der Waals surface area contributed by atoms with E-state index in [1.54, 1.807) is 6.07 Å². The lowest BCUT2D eigenvalue weighted by Crippen LogP contribution is -2.26. The molecule has 1 N–H and O–H groups in total. The van der Waals surface area contributed by atoms with Crippen LogP contribution in [0.25, 0.3) is 10.9 Å². The van der Waals surface area contributed by atoms with E-state index in [1.807, 2.05) is 18.2 Å². The molecule has 0 aliphatic heterocycles. The summed E-state index contributed by atoms with van der Waals surface area (Å²) in [6.07, 6.45) is 2.18. The van der Waals surface area contributed by atoms with Crippen molar-refractivity contribution < 1.29 is 0 Å². The van der Waals surface area contributed by atoms with Crippen molar-refractivity contribution in [3.05, 3.63) is 52.1 Å². The van der Waals surface area contributed by atoms with Gasteiger partial charge in [0.25, 0.3) is 5.56 Å². The van der Waals surface area contributed by atoms with Crippen LogP contribution in [-0.4, -0.2) is 28.0 Å². The average Bonchev–Trinajstić information content (AvgIpc) is 2.43. The zero-order valence-electron chi connectivity index (χ0n) is 12.3. The van der Waals surface area contributed by atoms with Gasteiger partial charge in [-0.15, -0.1) is 0 Å². The molecule has 0 saturated carbocycles. The molecule has 0 amide bonds. The van der Waals surface area contributed by atoms with Crippen molar-refractivity contribution in [1.82, 2.24) is 14.9 Å². The Kier molecular flexibility index (Phi) is 4.69. The Hall–Kier alpha value is -1.94. The molecule has 0 atom stereocenters. The van der Waals surface area contributed by atoms with E-state index in [0.717, 1.165) is 24.4 Å². The van der Waals surface area contributed by atoms with Gasteiger partial charge in [-0.2, -0.15) is 0 Å². The smallest absolute Gasteiger partial charge is 0.258 e. The first-order valence-corrected chi connectivity index (χ1v) is 6.93. The average molecular weight is 271 g/mol. The summed E-state index contributed by atoms with van der Waals surface area (Å²) in [6, 6.07) is 7.43. The van der Waals surface area contributed by atoms with E-state index in [4.69, 9.17) is 0 Å². The number of para-hydroxylation sites is 1. The van der Waals surface area contributed by atoms with Gasteiger partial charge >= 0.3 is 0 Å². The van der Waals surface area contributed by atoms with Crippen LogP contribution in [0.4, 0.5) is 0 Å². The summed E-state index contributed by atoms with van der Waals surface area (Å²) in [6.45, 7) is 8.72. The van der Waals surface area contributed by atoms with Gasteiger partial charge in [0.05, 0.1) is 17.4 Å². The number of rotatable bonds is 5. The van der Waals surface area contributed by atoms with Gasteiger partial charge in [-0.3, -0.25) is 9.69 Å². The first-order valence-electron chi connectivity index (χ1n) is 6.93. The highest BCUT2D eigenvalue weighted by atomic mass is 16.1. The van der Waals surface area contributed by atoms with Gasteiger partial charge in [0.15, 0.2) is 0 Å². The molecule has 20 heavy (non-hydrogen) atoms. The lowest BCUT2D eigenvalue weighted by Gasteiger charge is -2.18. The maximum absolute atomic E-state index is 12.0. The number of allylic oxidation sites excluding steroid dienone is 1. The van der Waals surface area contributed by atoms with Crippen LogP contribution in [0.1, 0.15) is 26.6 Å². The quantitative estimate of drug-likeness (QED) is 0.851. The van der Waals surface area contributed by atoms with Crippen molar-refractivity contribution in [2.24, 2.45) is 0 Å². The van der Waals surface area contributed by atoms with Crippen LogP contribution >= 0.6 is 0 Å². The first-order chi connectivity index (χ1) is 9.60. The summed E-state index contributed by atoms with van der Waals surface area (Å²) in [7, 11) is 0. The lowest BCUT2D eigenvalue weighted by molar-refractivity contribution is 0.302. The molecule has 106 valence electrons. The Morgan fingerprint density at radius 3 is 2.80 bits per heavy atom. The number of nitrogens with one attached hydrogen (secondary N) is 1. The van der Waals surface area contributed by atoms with Gasteiger partial charge in [-0.05, 0) is 32.5 Å². The second-order valence-corrected chi connectivity index (χ2v) is 5.14. The lowest BCUT2D eigenvalue weighted by atomic mass is 10.2. The third-order valence-electron chi connectivity index (χ3n) is 3.24. The van der Waals surface area contributed by atoms with Gasteiger partial charge in [0.1, 0.15) is 5.82 Å². The normalized spacial score (nSPS) is 11.0. The maximum atomic E-state index is 12.0. The number of likely N-dealkylation sites (N-methyl/N-ethyl adjacent to an activating group) is 1. The van der Waals surface area contributed by atoms with E-state index in [0.29, 0.717) is 11.9 Å². The second-order valence-electron chi connectivity index (χ2n) is 5.14. The van der Waals surface area contributed by atoms with Crippen LogP contribution in [0.5, 0.6) is 0 Å². The summed E-state index contributed by atoms with van der Waals surface area (Å²) in [5.74, 6) is 0.720. The first kappa shape index (κ1) is 14.5. The molecule has 1 aromatic heterocycles. The number of aromatic amines is 1. The minimum Gasteiger partial charge on any atom is -0.309 e. The number of benzene rings is 1. The predicted octanol–water partition coefficient (Wildman–Crippen LogP) is 2.71. The van der Waals surface area contributed by atoms with Crippen LogP contribution < -0.4 is 5.56 Å². The Morgan fingerprint density at radius 1 is 1.35 bits per heavy atom. The van der Waals surface area contributed by atoms with E-state index >= 15 is 0 Å². The fraction of sp³-hybridized carbons (Fsp3) is 0.375. The molecule has 4 nitrogen and oxygen atoms in total. The summed E-state index contributed by atoms with van der Waals surface area (Å²) in [4.78, 5) is 21.7. The van der Waals surface area contributed by atoms with Gasteiger partial charge in [-0.1, -0.05) is 30.7 Å². The van der Waals surface area contributed by atoms with Gasteiger partial charge < -0.3 is 4.98 Å². The monoisotopic (exact) mass is 271 g/mol. The Balaban J connectivity index is 2.24. The van der Waals surface area contributed by atoms with Gasteiger partial charge in [-0.25, -0.2) is 4.98 Å². The number of fused-ring (bicyclic) bond motifs is 1. The number of hydrogen-bond donors (Lipinski definition) is 1. The molecule has 4 heteroatoms. The number of nitrogens with zero attached hydrogens (tertiary/aromatic N) is 2. The van der Waals surface area contributed by atoms with Crippen molar-refractivity contribution in [3.8, 4) is 0 Å². The van der Waals surface area contributed by atoms with E-state index in [1.165, 1.54) is 5.57 Å². The number of aromatic nitrogens is 2. The fourth-order valence-electron chi connectivity index (χ4n) is 2.04. The van der Waals surface area contributed by atoms with E-state index in [2.05, 4.69) is 41.7 Å². The molecule has 0 aliphatic carbocycles. The van der Waals surface area contributed by atoms with E-state index in [9.17, 15) is 4.79 Å². The largest absolute Gasteiger partial charge is 0.309 e. The highest BCUT2D eigenvalue weighted by Gasteiger charge is 2.07. The molecule has 1 aromatic carbocycles. The second kappa shape index (κ2) is 6.48. The molecule has 0 bridgehead atoms. The molecule has 2 aromatic rings. The van der Waals surface area contributed by atoms with Crippen molar-refractivity contribution in [2.45, 2.75) is 27.3 Å². The molecule has 2 rings (SSSR count). The van der Waals surface area contributed by atoms with Gasteiger partial charge in [0, 0.05) is 6.54 Å². The predicted molar refractivity (Wildman–Crippen MR) is 82.7 cm³/mol. The molecule has 0 spiro atoms. The summed E-state index contributed by atoms with van der Waals surface area (Å²) in [5, 5.41) is 0.642. The topological polar surface area (TPSA) is 49.0 Å². The Labute approximate surface area is 119 Å². The van der Waals surface area contributed by atoms with Crippen LogP contribution in [0.2, 0.25) is 0 Å². The van der Waals surface area contributed by atoms with Gasteiger partial charge in [0.2, 0.25) is 0 Å². The van der Waals surface area contributed by atoms with E-state index < -0.39 is 0 Å². The SMILES string of the molecule is CCN(CC=C(C)C)Cc1nc2ccccc2c(=O)[nH]1. The highest BCUT2D eigenvalue weighted by molar-refractivity contribution is 5.77. The van der Waals surface area contributed by atoms with Crippen LogP contribution in [0, 0.1) is 0 Å².